The first-order valence-corrected chi connectivity index (χ1v) is 6.07. The Kier molecular flexibility index (Phi) is 3.76. The van der Waals surface area contributed by atoms with E-state index in [9.17, 15) is 14.9 Å². The fourth-order valence-corrected chi connectivity index (χ4v) is 2.27. The van der Waals surface area contributed by atoms with Gasteiger partial charge in [-0.1, -0.05) is 0 Å². The summed E-state index contributed by atoms with van der Waals surface area (Å²) in [5, 5.41) is 22.3. The molecule has 0 saturated heterocycles. The third-order valence-electron chi connectivity index (χ3n) is 3.34. The molecule has 1 aromatic carbocycles. The van der Waals surface area contributed by atoms with Gasteiger partial charge in [0, 0.05) is 23.7 Å². The average Bonchev–Trinajstić information content (AvgIpc) is 2.86. The van der Waals surface area contributed by atoms with E-state index in [1.54, 1.807) is 0 Å². The number of nitro benzene ring substituents is 1. The molecule has 0 aliphatic heterocycles. The molecule has 98 valence electrons. The average molecular weight is 259 g/mol. The summed E-state index contributed by atoms with van der Waals surface area (Å²) in [6.45, 7) is 0. The molecule has 0 radical (unpaired) electrons. The van der Waals surface area contributed by atoms with Gasteiger partial charge in [-0.15, -0.1) is 0 Å². The highest BCUT2D eigenvalue weighted by molar-refractivity contribution is 5.94. The molecule has 2 rings (SSSR count). The molecular formula is C13H13N3O3. The molecule has 19 heavy (non-hydrogen) atoms. The summed E-state index contributed by atoms with van der Waals surface area (Å²) in [7, 11) is 0. The molecule has 1 aromatic rings. The highest BCUT2D eigenvalue weighted by Crippen LogP contribution is 2.25. The first-order valence-electron chi connectivity index (χ1n) is 6.07. The van der Waals surface area contributed by atoms with Crippen LogP contribution in [0.2, 0.25) is 0 Å². The van der Waals surface area contributed by atoms with E-state index in [1.807, 2.05) is 0 Å². The second kappa shape index (κ2) is 5.48. The Labute approximate surface area is 110 Å². The minimum atomic E-state index is -0.510. The number of rotatable bonds is 3. The van der Waals surface area contributed by atoms with Crippen LogP contribution in [0.5, 0.6) is 0 Å². The van der Waals surface area contributed by atoms with Crippen molar-refractivity contribution in [3.8, 4) is 6.07 Å². The molecular weight excluding hydrogens is 246 g/mol. The van der Waals surface area contributed by atoms with Crippen LogP contribution in [0.1, 0.15) is 29.6 Å². The molecule has 1 fully saturated rings. The number of non-ortho nitro benzene ring substituents is 1. The largest absolute Gasteiger partial charge is 0.348 e. The Bertz CT molecular complexity index is 533. The maximum absolute atomic E-state index is 12.0. The van der Waals surface area contributed by atoms with Crippen LogP contribution < -0.4 is 5.32 Å². The van der Waals surface area contributed by atoms with Crippen molar-refractivity contribution in [3.63, 3.8) is 0 Å². The van der Waals surface area contributed by atoms with Crippen LogP contribution in [0.4, 0.5) is 5.69 Å². The predicted octanol–water partition coefficient (Wildman–Crippen LogP) is 2.02. The van der Waals surface area contributed by atoms with Gasteiger partial charge in [-0.2, -0.15) is 5.26 Å². The number of nitrogens with zero attached hydrogens (tertiary/aromatic N) is 2. The van der Waals surface area contributed by atoms with Crippen LogP contribution in [-0.4, -0.2) is 16.9 Å². The highest BCUT2D eigenvalue weighted by Gasteiger charge is 2.28. The molecule has 6 nitrogen and oxygen atoms in total. The molecule has 0 bridgehead atoms. The predicted molar refractivity (Wildman–Crippen MR) is 67.3 cm³/mol. The van der Waals surface area contributed by atoms with Crippen molar-refractivity contribution in [1.82, 2.24) is 5.32 Å². The number of nitrogens with one attached hydrogen (secondary N) is 1. The lowest BCUT2D eigenvalue weighted by Crippen LogP contribution is -2.36. The van der Waals surface area contributed by atoms with Gasteiger partial charge in [0.2, 0.25) is 0 Å². The summed E-state index contributed by atoms with van der Waals surface area (Å²) in [4.78, 5) is 22.0. The molecule has 0 aromatic heterocycles. The summed E-state index contributed by atoms with van der Waals surface area (Å²) in [5.74, 6) is -0.427. The lowest BCUT2D eigenvalue weighted by Gasteiger charge is -2.15. The Morgan fingerprint density at radius 1 is 1.37 bits per heavy atom. The van der Waals surface area contributed by atoms with Crippen molar-refractivity contribution in [2.24, 2.45) is 5.92 Å². The Morgan fingerprint density at radius 3 is 2.63 bits per heavy atom. The molecule has 1 aliphatic rings. The number of benzene rings is 1. The van der Waals surface area contributed by atoms with E-state index in [0.717, 1.165) is 19.3 Å². The lowest BCUT2D eigenvalue weighted by atomic mass is 10.1. The van der Waals surface area contributed by atoms with Gasteiger partial charge in [0.1, 0.15) is 0 Å². The van der Waals surface area contributed by atoms with Crippen LogP contribution in [0.15, 0.2) is 24.3 Å². The van der Waals surface area contributed by atoms with Crippen molar-refractivity contribution in [2.75, 3.05) is 0 Å². The van der Waals surface area contributed by atoms with Crippen molar-refractivity contribution in [2.45, 2.75) is 25.3 Å². The topological polar surface area (TPSA) is 96.0 Å². The second-order valence-electron chi connectivity index (χ2n) is 4.55. The summed E-state index contributed by atoms with van der Waals surface area (Å²) < 4.78 is 0. The minimum Gasteiger partial charge on any atom is -0.348 e. The van der Waals surface area contributed by atoms with E-state index in [1.165, 1.54) is 24.3 Å². The fourth-order valence-electron chi connectivity index (χ4n) is 2.27. The van der Waals surface area contributed by atoms with Gasteiger partial charge in [-0.05, 0) is 31.4 Å². The number of carbonyl (C=O) groups is 1. The Hall–Kier alpha value is -2.42. The first kappa shape index (κ1) is 13.0. The maximum atomic E-state index is 12.0. The van der Waals surface area contributed by atoms with Gasteiger partial charge >= 0.3 is 0 Å². The van der Waals surface area contributed by atoms with Gasteiger partial charge in [-0.25, -0.2) is 0 Å². The van der Waals surface area contributed by atoms with Crippen LogP contribution in [0, 0.1) is 27.4 Å². The third-order valence-corrected chi connectivity index (χ3v) is 3.34. The minimum absolute atomic E-state index is 0.0488. The van der Waals surface area contributed by atoms with Crippen LogP contribution >= 0.6 is 0 Å². The number of amides is 1. The SMILES string of the molecule is N#C[C@H]1CCC[C@@H]1NC(=O)c1ccc([N+](=O)[O-])cc1. The van der Waals surface area contributed by atoms with Gasteiger partial charge < -0.3 is 5.32 Å². The van der Waals surface area contributed by atoms with E-state index in [2.05, 4.69) is 11.4 Å². The molecule has 0 heterocycles. The van der Waals surface area contributed by atoms with Crippen molar-refractivity contribution < 1.29 is 9.72 Å². The number of nitro groups is 1. The molecule has 0 spiro atoms. The van der Waals surface area contributed by atoms with Crippen molar-refractivity contribution in [1.29, 1.82) is 5.26 Å². The Balaban J connectivity index is 2.04. The Morgan fingerprint density at radius 2 is 2.05 bits per heavy atom. The molecule has 1 amide bonds. The fraction of sp³-hybridized carbons (Fsp3) is 0.385. The van der Waals surface area contributed by atoms with E-state index in [4.69, 9.17) is 5.26 Å². The highest BCUT2D eigenvalue weighted by atomic mass is 16.6. The van der Waals surface area contributed by atoms with E-state index < -0.39 is 4.92 Å². The van der Waals surface area contributed by atoms with E-state index in [0.29, 0.717) is 5.56 Å². The normalized spacial score (nSPS) is 21.6. The molecule has 0 unspecified atom stereocenters. The van der Waals surface area contributed by atoms with Gasteiger partial charge in [0.05, 0.1) is 16.9 Å². The molecule has 1 saturated carbocycles. The van der Waals surface area contributed by atoms with Crippen LogP contribution in [-0.2, 0) is 0 Å². The molecule has 6 heteroatoms. The summed E-state index contributed by atoms with van der Waals surface area (Å²) >= 11 is 0. The molecule has 2 atom stereocenters. The van der Waals surface area contributed by atoms with E-state index >= 15 is 0 Å². The van der Waals surface area contributed by atoms with Gasteiger partial charge in [0.25, 0.3) is 11.6 Å². The lowest BCUT2D eigenvalue weighted by molar-refractivity contribution is -0.384. The number of hydrogen-bond donors (Lipinski definition) is 1. The second-order valence-corrected chi connectivity index (χ2v) is 4.55. The molecule has 1 aliphatic carbocycles. The number of carbonyl (C=O) groups excluding carboxylic acids is 1. The van der Waals surface area contributed by atoms with Crippen LogP contribution in [0.3, 0.4) is 0 Å². The van der Waals surface area contributed by atoms with Crippen LogP contribution in [0.25, 0.3) is 0 Å². The standard InChI is InChI=1S/C13H13N3O3/c14-8-10-2-1-3-12(10)15-13(17)9-4-6-11(7-5-9)16(18)19/h4-7,10,12H,1-3H2,(H,15,17)/t10-,12+/m1/s1. The first-order chi connectivity index (χ1) is 9.11. The summed E-state index contributed by atoms with van der Waals surface area (Å²) in [5.41, 5.74) is 0.321. The zero-order valence-electron chi connectivity index (χ0n) is 10.2. The summed E-state index contributed by atoms with van der Waals surface area (Å²) in [6.07, 6.45) is 2.54. The van der Waals surface area contributed by atoms with Gasteiger partial charge in [0.15, 0.2) is 0 Å². The monoisotopic (exact) mass is 259 g/mol. The summed E-state index contributed by atoms with van der Waals surface area (Å²) in [6, 6.07) is 7.51. The molecule has 1 N–H and O–H groups in total. The number of nitriles is 1. The third kappa shape index (κ3) is 2.88. The zero-order chi connectivity index (χ0) is 13.8. The quantitative estimate of drug-likeness (QED) is 0.663. The van der Waals surface area contributed by atoms with Crippen molar-refractivity contribution >= 4 is 11.6 Å². The number of hydrogen-bond acceptors (Lipinski definition) is 4. The maximum Gasteiger partial charge on any atom is 0.269 e. The zero-order valence-corrected chi connectivity index (χ0v) is 10.2. The van der Waals surface area contributed by atoms with Gasteiger partial charge in [-0.3, -0.25) is 14.9 Å². The van der Waals surface area contributed by atoms with Crippen molar-refractivity contribution in [3.05, 3.63) is 39.9 Å². The van der Waals surface area contributed by atoms with E-state index in [-0.39, 0.29) is 23.6 Å². The smallest absolute Gasteiger partial charge is 0.269 e.